The molecular formula is C16H21IN4O3. The Bertz CT molecular complexity index is 700. The number of nitrogens with one attached hydrogen (secondary N) is 2. The predicted molar refractivity (Wildman–Crippen MR) is 103 cm³/mol. The molecule has 0 spiro atoms. The highest BCUT2D eigenvalue weighted by molar-refractivity contribution is 14.0. The number of rotatable bonds is 6. The third-order valence-electron chi connectivity index (χ3n) is 3.15. The number of ether oxygens (including phenoxy) is 1. The monoisotopic (exact) mass is 444 g/mol. The third kappa shape index (κ3) is 5.76. The van der Waals surface area contributed by atoms with Gasteiger partial charge in [0.15, 0.2) is 11.7 Å². The van der Waals surface area contributed by atoms with Gasteiger partial charge in [0.1, 0.15) is 11.5 Å². The van der Waals surface area contributed by atoms with Crippen LogP contribution in [0.4, 0.5) is 0 Å². The van der Waals surface area contributed by atoms with E-state index in [1.165, 1.54) is 0 Å². The van der Waals surface area contributed by atoms with E-state index in [2.05, 4.69) is 15.6 Å². The second kappa shape index (κ2) is 9.81. The molecule has 1 aromatic carbocycles. The number of nitrogens with two attached hydrogens (primary N) is 1. The Morgan fingerprint density at radius 3 is 2.62 bits per heavy atom. The van der Waals surface area contributed by atoms with Gasteiger partial charge in [0.25, 0.3) is 5.91 Å². The van der Waals surface area contributed by atoms with E-state index in [0.29, 0.717) is 24.8 Å². The van der Waals surface area contributed by atoms with Crippen LogP contribution in [-0.2, 0) is 13.1 Å². The second-order valence-electron chi connectivity index (χ2n) is 4.76. The van der Waals surface area contributed by atoms with Crippen LogP contribution in [-0.4, -0.2) is 26.0 Å². The molecule has 1 aromatic heterocycles. The van der Waals surface area contributed by atoms with E-state index in [9.17, 15) is 4.79 Å². The van der Waals surface area contributed by atoms with Gasteiger partial charge in [-0.05, 0) is 29.8 Å². The first-order valence-electron chi connectivity index (χ1n) is 7.08. The zero-order valence-corrected chi connectivity index (χ0v) is 15.9. The van der Waals surface area contributed by atoms with Crippen LogP contribution in [0.25, 0.3) is 0 Å². The lowest BCUT2D eigenvalue weighted by atomic mass is 10.2. The first-order valence-corrected chi connectivity index (χ1v) is 7.08. The molecule has 8 heteroatoms. The Kier molecular flexibility index (Phi) is 8.10. The molecule has 0 aliphatic carbocycles. The van der Waals surface area contributed by atoms with Crippen LogP contribution in [0.15, 0.2) is 45.8 Å². The number of methoxy groups -OCH3 is 1. The number of furan rings is 1. The van der Waals surface area contributed by atoms with Gasteiger partial charge in [-0.1, -0.05) is 12.1 Å². The van der Waals surface area contributed by atoms with Crippen LogP contribution in [0.5, 0.6) is 5.75 Å². The summed E-state index contributed by atoms with van der Waals surface area (Å²) in [6.45, 7) is 0.993. The van der Waals surface area contributed by atoms with E-state index in [4.69, 9.17) is 14.9 Å². The van der Waals surface area contributed by atoms with Gasteiger partial charge in [-0.2, -0.15) is 0 Å². The lowest BCUT2D eigenvalue weighted by Gasteiger charge is -2.11. The topological polar surface area (TPSA) is 102 Å². The van der Waals surface area contributed by atoms with Gasteiger partial charge in [-0.25, -0.2) is 0 Å². The quantitative estimate of drug-likeness (QED) is 0.359. The van der Waals surface area contributed by atoms with Gasteiger partial charge < -0.3 is 25.5 Å². The van der Waals surface area contributed by atoms with Crippen molar-refractivity contribution < 1.29 is 13.9 Å². The van der Waals surface area contributed by atoms with Crippen LogP contribution in [0.1, 0.15) is 21.9 Å². The molecule has 7 nitrogen and oxygen atoms in total. The van der Waals surface area contributed by atoms with Crippen molar-refractivity contribution in [2.24, 2.45) is 10.7 Å². The van der Waals surface area contributed by atoms with E-state index >= 15 is 0 Å². The zero-order valence-electron chi connectivity index (χ0n) is 13.5. The maximum Gasteiger partial charge on any atom is 0.284 e. The summed E-state index contributed by atoms with van der Waals surface area (Å²) in [6.07, 6.45) is 0. The van der Waals surface area contributed by atoms with Crippen molar-refractivity contribution in [1.82, 2.24) is 10.6 Å². The van der Waals surface area contributed by atoms with Crippen LogP contribution in [0.2, 0.25) is 0 Å². The predicted octanol–water partition coefficient (Wildman–Crippen LogP) is 1.87. The van der Waals surface area contributed by atoms with E-state index < -0.39 is 5.91 Å². The van der Waals surface area contributed by atoms with Crippen LogP contribution >= 0.6 is 24.0 Å². The van der Waals surface area contributed by atoms with E-state index in [0.717, 1.165) is 11.3 Å². The van der Waals surface area contributed by atoms with Crippen LogP contribution in [0, 0.1) is 0 Å². The maximum absolute atomic E-state index is 11.0. The van der Waals surface area contributed by atoms with Crippen molar-refractivity contribution in [3.63, 3.8) is 0 Å². The smallest absolute Gasteiger partial charge is 0.284 e. The summed E-state index contributed by atoms with van der Waals surface area (Å²) >= 11 is 0. The van der Waals surface area contributed by atoms with Crippen molar-refractivity contribution in [1.29, 1.82) is 0 Å². The second-order valence-corrected chi connectivity index (χ2v) is 4.76. The third-order valence-corrected chi connectivity index (χ3v) is 3.15. The minimum atomic E-state index is -0.586. The fourth-order valence-corrected chi connectivity index (χ4v) is 1.97. The van der Waals surface area contributed by atoms with Crippen molar-refractivity contribution in [2.45, 2.75) is 13.1 Å². The summed E-state index contributed by atoms with van der Waals surface area (Å²) in [5.41, 5.74) is 6.22. The Labute approximate surface area is 157 Å². The Hall–Kier alpha value is -2.23. The number of carbonyl (C=O) groups is 1. The summed E-state index contributed by atoms with van der Waals surface area (Å²) in [6, 6.07) is 11.0. The average molecular weight is 444 g/mol. The molecule has 1 amide bonds. The minimum Gasteiger partial charge on any atom is -0.497 e. The normalized spacial score (nSPS) is 10.7. The molecular weight excluding hydrogens is 423 g/mol. The molecule has 0 bridgehead atoms. The fourth-order valence-electron chi connectivity index (χ4n) is 1.97. The number of hydrogen-bond donors (Lipinski definition) is 3. The number of nitrogens with zero attached hydrogens (tertiary/aromatic N) is 1. The lowest BCUT2D eigenvalue weighted by Crippen LogP contribution is -2.36. The number of aliphatic imine (C=N–C) groups is 1. The summed E-state index contributed by atoms with van der Waals surface area (Å²) in [5.74, 6) is 1.58. The molecule has 0 fully saturated rings. The van der Waals surface area contributed by atoms with Gasteiger partial charge in [0, 0.05) is 13.6 Å². The van der Waals surface area contributed by atoms with Crippen molar-refractivity contribution in [3.8, 4) is 5.75 Å². The average Bonchev–Trinajstić information content (AvgIpc) is 3.04. The number of halogens is 1. The number of amides is 1. The standard InChI is InChI=1S/C16H20N4O3.HI/c1-18-16(19-9-11-4-3-5-12(8-11)22-2)20-10-13-6-7-14(23-13)15(17)21;/h3-8H,9-10H2,1-2H3,(H2,17,21)(H2,18,19,20);1H. The molecule has 0 aliphatic rings. The van der Waals surface area contributed by atoms with Gasteiger partial charge in [0.2, 0.25) is 0 Å². The maximum atomic E-state index is 11.0. The number of benzene rings is 1. The fraction of sp³-hybridized carbons (Fsp3) is 0.250. The van der Waals surface area contributed by atoms with E-state index in [1.807, 2.05) is 24.3 Å². The summed E-state index contributed by atoms with van der Waals surface area (Å²) < 4.78 is 10.5. The zero-order chi connectivity index (χ0) is 16.7. The first-order chi connectivity index (χ1) is 11.1. The molecule has 2 aromatic rings. The highest BCUT2D eigenvalue weighted by Crippen LogP contribution is 2.12. The number of hydrogen-bond acceptors (Lipinski definition) is 4. The Morgan fingerprint density at radius 1 is 1.25 bits per heavy atom. The highest BCUT2D eigenvalue weighted by Gasteiger charge is 2.07. The molecule has 0 atom stereocenters. The van der Waals surface area contributed by atoms with E-state index in [-0.39, 0.29) is 29.7 Å². The Balaban J connectivity index is 0.00000288. The SMILES string of the molecule is CN=C(NCc1cccc(OC)c1)NCc1ccc(C(N)=O)o1.I. The van der Waals surface area contributed by atoms with Crippen molar-refractivity contribution in [3.05, 3.63) is 53.5 Å². The summed E-state index contributed by atoms with van der Waals surface area (Å²) in [7, 11) is 3.31. The van der Waals surface area contributed by atoms with Gasteiger partial charge in [-0.15, -0.1) is 24.0 Å². The summed E-state index contributed by atoms with van der Waals surface area (Å²) in [4.78, 5) is 15.1. The minimum absolute atomic E-state index is 0. The molecule has 1 heterocycles. The van der Waals surface area contributed by atoms with Crippen LogP contribution in [0.3, 0.4) is 0 Å². The first kappa shape index (κ1) is 19.8. The number of guanidine groups is 1. The van der Waals surface area contributed by atoms with Gasteiger partial charge in [-0.3, -0.25) is 9.79 Å². The molecule has 24 heavy (non-hydrogen) atoms. The molecule has 2 rings (SSSR count). The van der Waals surface area contributed by atoms with Crippen molar-refractivity contribution in [2.75, 3.05) is 14.2 Å². The van der Waals surface area contributed by atoms with Gasteiger partial charge >= 0.3 is 0 Å². The molecule has 0 radical (unpaired) electrons. The molecule has 0 aliphatic heterocycles. The summed E-state index contributed by atoms with van der Waals surface area (Å²) in [5, 5.41) is 6.29. The molecule has 0 saturated heterocycles. The number of primary amides is 1. The largest absolute Gasteiger partial charge is 0.497 e. The van der Waals surface area contributed by atoms with Crippen LogP contribution < -0.4 is 21.1 Å². The molecule has 0 unspecified atom stereocenters. The Morgan fingerprint density at radius 2 is 2.00 bits per heavy atom. The van der Waals surface area contributed by atoms with Crippen molar-refractivity contribution >= 4 is 35.8 Å². The molecule has 4 N–H and O–H groups in total. The lowest BCUT2D eigenvalue weighted by molar-refractivity contribution is 0.0972. The van der Waals surface area contributed by atoms with E-state index in [1.54, 1.807) is 26.3 Å². The molecule has 0 saturated carbocycles. The van der Waals surface area contributed by atoms with Gasteiger partial charge in [0.05, 0.1) is 13.7 Å². The highest BCUT2D eigenvalue weighted by atomic mass is 127. The number of carbonyl (C=O) groups excluding carboxylic acids is 1. The molecule has 130 valence electrons.